The van der Waals surface area contributed by atoms with E-state index < -0.39 is 5.82 Å². The van der Waals surface area contributed by atoms with E-state index in [0.717, 1.165) is 16.8 Å². The number of hydrogen-bond acceptors (Lipinski definition) is 6. The average Bonchev–Trinajstić information content (AvgIpc) is 3.32. The molecule has 4 heterocycles. The van der Waals surface area contributed by atoms with Gasteiger partial charge in [0.15, 0.2) is 5.13 Å². The lowest BCUT2D eigenvalue weighted by Gasteiger charge is -2.20. The number of carbonyl (C=O) groups excluding carboxylic acids is 1. The van der Waals surface area contributed by atoms with Gasteiger partial charge in [0.2, 0.25) is 5.91 Å². The van der Waals surface area contributed by atoms with Crippen LogP contribution in [-0.4, -0.2) is 43.6 Å². The first-order chi connectivity index (χ1) is 16.0. The SMILES string of the molecule is Nc1nc2c(s1)CCN(C(=O)Cn1nc(-c3ccc(F)cn3)cc1-c1ccc(F)cc1)CC2. The predicted molar refractivity (Wildman–Crippen MR) is 121 cm³/mol. The van der Waals surface area contributed by atoms with Crippen molar-refractivity contribution in [3.05, 3.63) is 70.9 Å². The van der Waals surface area contributed by atoms with E-state index in [0.29, 0.717) is 53.7 Å². The molecule has 7 nitrogen and oxygen atoms in total. The number of amides is 1. The number of nitrogen functional groups attached to an aromatic ring is 1. The van der Waals surface area contributed by atoms with Crippen molar-refractivity contribution in [2.45, 2.75) is 19.4 Å². The number of carbonyl (C=O) groups is 1. The van der Waals surface area contributed by atoms with Gasteiger partial charge in [-0.15, -0.1) is 11.3 Å². The number of thiazole rings is 1. The maximum atomic E-state index is 13.5. The molecule has 0 saturated heterocycles. The van der Waals surface area contributed by atoms with E-state index in [2.05, 4.69) is 15.1 Å². The number of nitrogens with zero attached hydrogens (tertiary/aromatic N) is 5. The van der Waals surface area contributed by atoms with Gasteiger partial charge < -0.3 is 10.6 Å². The van der Waals surface area contributed by atoms with Gasteiger partial charge in [-0.2, -0.15) is 5.10 Å². The largest absolute Gasteiger partial charge is 0.375 e. The third-order valence-electron chi connectivity index (χ3n) is 5.57. The lowest BCUT2D eigenvalue weighted by molar-refractivity contribution is -0.131. The molecule has 168 valence electrons. The monoisotopic (exact) mass is 466 g/mol. The molecule has 0 saturated carbocycles. The fourth-order valence-corrected chi connectivity index (χ4v) is 4.77. The Kier molecular flexibility index (Phi) is 5.59. The fourth-order valence-electron chi connectivity index (χ4n) is 3.90. The van der Waals surface area contributed by atoms with Gasteiger partial charge in [-0.25, -0.2) is 13.8 Å². The van der Waals surface area contributed by atoms with Crippen LogP contribution in [0, 0.1) is 11.6 Å². The molecule has 1 aliphatic heterocycles. The Morgan fingerprint density at radius 1 is 1.03 bits per heavy atom. The van der Waals surface area contributed by atoms with E-state index >= 15 is 0 Å². The van der Waals surface area contributed by atoms with Crippen molar-refractivity contribution in [1.82, 2.24) is 24.6 Å². The summed E-state index contributed by atoms with van der Waals surface area (Å²) in [4.78, 5) is 24.6. The first-order valence-electron chi connectivity index (χ1n) is 10.4. The van der Waals surface area contributed by atoms with Crippen molar-refractivity contribution in [1.29, 1.82) is 0 Å². The number of rotatable bonds is 4. The van der Waals surface area contributed by atoms with Gasteiger partial charge in [-0.3, -0.25) is 14.5 Å². The molecule has 33 heavy (non-hydrogen) atoms. The van der Waals surface area contributed by atoms with Crippen LogP contribution in [0.3, 0.4) is 0 Å². The second kappa shape index (κ2) is 8.70. The van der Waals surface area contributed by atoms with Gasteiger partial charge in [-0.05, 0) is 42.5 Å². The molecule has 0 spiro atoms. The second-order valence-corrected chi connectivity index (χ2v) is 8.86. The molecule has 3 aromatic heterocycles. The van der Waals surface area contributed by atoms with Crippen molar-refractivity contribution in [3.8, 4) is 22.6 Å². The van der Waals surface area contributed by atoms with Gasteiger partial charge >= 0.3 is 0 Å². The first kappa shape index (κ1) is 21.2. The number of pyridine rings is 1. The third kappa shape index (κ3) is 4.47. The van der Waals surface area contributed by atoms with Gasteiger partial charge in [0.1, 0.15) is 23.9 Å². The lowest BCUT2D eigenvalue weighted by Crippen LogP contribution is -2.36. The van der Waals surface area contributed by atoms with Crippen LogP contribution in [0.25, 0.3) is 22.6 Å². The summed E-state index contributed by atoms with van der Waals surface area (Å²) in [6, 6.07) is 10.6. The average molecular weight is 467 g/mol. The molecule has 1 aromatic carbocycles. The van der Waals surface area contributed by atoms with Crippen LogP contribution in [0.1, 0.15) is 10.6 Å². The fraction of sp³-hybridized carbons (Fsp3) is 0.217. The van der Waals surface area contributed by atoms with Crippen molar-refractivity contribution in [2.75, 3.05) is 18.8 Å². The van der Waals surface area contributed by atoms with Crippen LogP contribution in [0.2, 0.25) is 0 Å². The highest BCUT2D eigenvalue weighted by Gasteiger charge is 2.23. The summed E-state index contributed by atoms with van der Waals surface area (Å²) in [6.45, 7) is 1.14. The minimum Gasteiger partial charge on any atom is -0.375 e. The molecule has 1 aliphatic rings. The van der Waals surface area contributed by atoms with Crippen LogP contribution < -0.4 is 5.73 Å². The van der Waals surface area contributed by atoms with E-state index in [1.54, 1.807) is 27.8 Å². The summed E-state index contributed by atoms with van der Waals surface area (Å²) in [6.07, 6.45) is 2.49. The molecule has 2 N–H and O–H groups in total. The minimum atomic E-state index is -0.446. The van der Waals surface area contributed by atoms with E-state index in [-0.39, 0.29) is 18.3 Å². The first-order valence-corrected chi connectivity index (χ1v) is 11.3. The molecular formula is C23H20F2N6OS. The van der Waals surface area contributed by atoms with Crippen LogP contribution >= 0.6 is 11.3 Å². The maximum Gasteiger partial charge on any atom is 0.244 e. The molecule has 0 fully saturated rings. The highest BCUT2D eigenvalue weighted by molar-refractivity contribution is 7.15. The summed E-state index contributed by atoms with van der Waals surface area (Å²) >= 11 is 1.47. The second-order valence-electron chi connectivity index (χ2n) is 7.74. The van der Waals surface area contributed by atoms with Crippen molar-refractivity contribution < 1.29 is 13.6 Å². The third-order valence-corrected chi connectivity index (χ3v) is 6.56. The number of hydrogen-bond donors (Lipinski definition) is 1. The van der Waals surface area contributed by atoms with Gasteiger partial charge in [0.25, 0.3) is 0 Å². The van der Waals surface area contributed by atoms with Crippen LogP contribution in [0.4, 0.5) is 13.9 Å². The standard InChI is InChI=1S/C23H20F2N6OS/c24-15-3-1-14(2-4-15)20-11-19(17-6-5-16(25)12-27-17)29-31(20)13-22(32)30-9-7-18-21(8-10-30)33-23(26)28-18/h1-6,11-12H,7-10,13H2,(H2,26,28). The van der Waals surface area contributed by atoms with Crippen LogP contribution in [-0.2, 0) is 24.2 Å². The summed E-state index contributed by atoms with van der Waals surface area (Å²) < 4.78 is 28.4. The molecule has 0 aliphatic carbocycles. The van der Waals surface area contributed by atoms with E-state index in [1.807, 2.05) is 0 Å². The van der Waals surface area contributed by atoms with E-state index in [9.17, 15) is 13.6 Å². The topological polar surface area (TPSA) is 89.9 Å². The van der Waals surface area contributed by atoms with Crippen molar-refractivity contribution in [3.63, 3.8) is 0 Å². The van der Waals surface area contributed by atoms with E-state index in [4.69, 9.17) is 5.73 Å². The summed E-state index contributed by atoms with van der Waals surface area (Å²) in [5, 5.41) is 5.13. The van der Waals surface area contributed by atoms with E-state index in [1.165, 1.54) is 35.6 Å². The molecule has 0 atom stereocenters. The zero-order valence-electron chi connectivity index (χ0n) is 17.5. The molecule has 0 radical (unpaired) electrons. The Bertz CT molecular complexity index is 1270. The lowest BCUT2D eigenvalue weighted by atomic mass is 10.1. The smallest absolute Gasteiger partial charge is 0.244 e. The van der Waals surface area contributed by atoms with Gasteiger partial charge in [-0.1, -0.05) is 0 Å². The minimum absolute atomic E-state index is 0.0110. The number of halogens is 2. The summed E-state index contributed by atoms with van der Waals surface area (Å²) in [5.41, 5.74) is 9.11. The molecule has 10 heteroatoms. The van der Waals surface area contributed by atoms with Crippen molar-refractivity contribution in [2.24, 2.45) is 0 Å². The number of anilines is 1. The molecule has 5 rings (SSSR count). The highest BCUT2D eigenvalue weighted by Crippen LogP contribution is 2.27. The highest BCUT2D eigenvalue weighted by atomic mass is 32.1. The van der Waals surface area contributed by atoms with Crippen LogP contribution in [0.15, 0.2) is 48.7 Å². The zero-order chi connectivity index (χ0) is 22.9. The molecule has 1 amide bonds. The zero-order valence-corrected chi connectivity index (χ0v) is 18.4. The number of fused-ring (bicyclic) bond motifs is 1. The number of aromatic nitrogens is 4. The molecular weight excluding hydrogens is 446 g/mol. The summed E-state index contributed by atoms with van der Waals surface area (Å²) in [5.74, 6) is -0.881. The van der Waals surface area contributed by atoms with Crippen molar-refractivity contribution >= 4 is 22.4 Å². The summed E-state index contributed by atoms with van der Waals surface area (Å²) in [7, 11) is 0. The quantitative estimate of drug-likeness (QED) is 0.497. The maximum absolute atomic E-state index is 13.5. The Morgan fingerprint density at radius 2 is 1.79 bits per heavy atom. The Hall–Kier alpha value is -3.66. The van der Waals surface area contributed by atoms with Crippen LogP contribution in [0.5, 0.6) is 0 Å². The Morgan fingerprint density at radius 3 is 2.55 bits per heavy atom. The predicted octanol–water partition coefficient (Wildman–Crippen LogP) is 3.56. The van der Waals surface area contributed by atoms with Gasteiger partial charge in [0, 0.05) is 36.4 Å². The normalized spacial score (nSPS) is 13.6. The number of nitrogens with two attached hydrogens (primary N) is 1. The number of benzene rings is 1. The Balaban J connectivity index is 1.42. The molecule has 0 unspecified atom stereocenters. The Labute approximate surface area is 192 Å². The molecule has 4 aromatic rings. The molecule has 0 bridgehead atoms. The van der Waals surface area contributed by atoms with Gasteiger partial charge in [0.05, 0.1) is 23.3 Å².